The van der Waals surface area contributed by atoms with Gasteiger partial charge in [-0.05, 0) is 25.3 Å². The Morgan fingerprint density at radius 3 is 3.31 bits per heavy atom. The van der Waals surface area contributed by atoms with Crippen molar-refractivity contribution in [1.29, 1.82) is 0 Å². The van der Waals surface area contributed by atoms with Crippen LogP contribution in [0, 0.1) is 0 Å². The molecule has 0 bridgehead atoms. The Morgan fingerprint density at radius 2 is 2.56 bits per heavy atom. The summed E-state index contributed by atoms with van der Waals surface area (Å²) in [6.45, 7) is 5.95. The predicted molar refractivity (Wildman–Crippen MR) is 63.2 cm³/mol. The van der Waals surface area contributed by atoms with Gasteiger partial charge in [0, 0.05) is 32.4 Å². The summed E-state index contributed by atoms with van der Waals surface area (Å²) < 4.78 is 7.64. The van der Waals surface area contributed by atoms with Gasteiger partial charge in [-0.1, -0.05) is 6.92 Å². The maximum atomic E-state index is 5.57. The van der Waals surface area contributed by atoms with E-state index in [9.17, 15) is 0 Å². The van der Waals surface area contributed by atoms with Crippen LogP contribution in [0.3, 0.4) is 0 Å². The molecule has 4 nitrogen and oxygen atoms in total. The Labute approximate surface area is 97.0 Å². The molecule has 2 heterocycles. The highest BCUT2D eigenvalue weighted by Gasteiger charge is 2.14. The van der Waals surface area contributed by atoms with E-state index in [-0.39, 0.29) is 0 Å². The van der Waals surface area contributed by atoms with Crippen LogP contribution >= 0.6 is 0 Å². The lowest BCUT2D eigenvalue weighted by molar-refractivity contribution is 0.109. The molecule has 1 aromatic heterocycles. The third-order valence-electron chi connectivity index (χ3n) is 2.94. The molecule has 2 rings (SSSR count). The molecule has 1 aliphatic heterocycles. The van der Waals surface area contributed by atoms with Crippen molar-refractivity contribution >= 4 is 0 Å². The molecule has 0 amide bonds. The van der Waals surface area contributed by atoms with E-state index in [0.29, 0.717) is 6.10 Å². The van der Waals surface area contributed by atoms with Gasteiger partial charge in [-0.3, -0.25) is 4.68 Å². The third kappa shape index (κ3) is 3.06. The fourth-order valence-electron chi connectivity index (χ4n) is 2.09. The van der Waals surface area contributed by atoms with Gasteiger partial charge >= 0.3 is 0 Å². The lowest BCUT2D eigenvalue weighted by Gasteiger charge is -2.11. The smallest absolute Gasteiger partial charge is 0.0700 e. The van der Waals surface area contributed by atoms with Crippen molar-refractivity contribution < 1.29 is 4.74 Å². The Kier molecular flexibility index (Phi) is 4.36. The normalized spacial score (nSPS) is 20.4. The molecule has 1 aliphatic rings. The highest BCUT2D eigenvalue weighted by molar-refractivity contribution is 5.00. The second-order valence-corrected chi connectivity index (χ2v) is 4.31. The molecule has 0 unspecified atom stereocenters. The molecule has 0 aliphatic carbocycles. The van der Waals surface area contributed by atoms with E-state index in [2.05, 4.69) is 28.1 Å². The number of nitrogens with one attached hydrogen (secondary N) is 1. The van der Waals surface area contributed by atoms with Crippen LogP contribution in [-0.4, -0.2) is 29.0 Å². The molecule has 1 N–H and O–H groups in total. The van der Waals surface area contributed by atoms with Gasteiger partial charge < -0.3 is 10.1 Å². The molecule has 1 saturated heterocycles. The average Bonchev–Trinajstić information content (AvgIpc) is 2.91. The fraction of sp³-hybridized carbons (Fsp3) is 0.750. The van der Waals surface area contributed by atoms with Crippen LogP contribution in [0.5, 0.6) is 0 Å². The van der Waals surface area contributed by atoms with Gasteiger partial charge in [0.1, 0.15) is 0 Å². The van der Waals surface area contributed by atoms with Crippen LogP contribution < -0.4 is 5.32 Å². The standard InChI is InChI=1S/C12H21N3O/c1-2-7-15-11(5-6-14-15)9-13-10-12-4-3-8-16-12/h5-6,12-13H,2-4,7-10H2,1H3/t12-/m0/s1. The first-order valence-corrected chi connectivity index (χ1v) is 6.23. The highest BCUT2D eigenvalue weighted by Crippen LogP contribution is 2.10. The minimum Gasteiger partial charge on any atom is -0.377 e. The monoisotopic (exact) mass is 223 g/mol. The molecule has 1 fully saturated rings. The van der Waals surface area contributed by atoms with Crippen molar-refractivity contribution in [2.45, 2.75) is 45.4 Å². The molecule has 90 valence electrons. The van der Waals surface area contributed by atoms with E-state index in [0.717, 1.165) is 32.7 Å². The molecule has 16 heavy (non-hydrogen) atoms. The third-order valence-corrected chi connectivity index (χ3v) is 2.94. The van der Waals surface area contributed by atoms with Gasteiger partial charge in [0.2, 0.25) is 0 Å². The van der Waals surface area contributed by atoms with Gasteiger partial charge in [-0.15, -0.1) is 0 Å². The fourth-order valence-corrected chi connectivity index (χ4v) is 2.09. The largest absolute Gasteiger partial charge is 0.377 e. The number of hydrogen-bond donors (Lipinski definition) is 1. The zero-order chi connectivity index (χ0) is 11.2. The van der Waals surface area contributed by atoms with Crippen molar-refractivity contribution in [2.24, 2.45) is 0 Å². The lowest BCUT2D eigenvalue weighted by Crippen LogP contribution is -2.26. The topological polar surface area (TPSA) is 39.1 Å². The number of aromatic nitrogens is 2. The van der Waals surface area contributed by atoms with E-state index in [1.807, 2.05) is 6.20 Å². The number of aryl methyl sites for hydroxylation is 1. The predicted octanol–water partition coefficient (Wildman–Crippen LogP) is 1.56. The van der Waals surface area contributed by atoms with E-state index in [4.69, 9.17) is 4.74 Å². The van der Waals surface area contributed by atoms with Gasteiger partial charge in [-0.2, -0.15) is 5.10 Å². The van der Waals surface area contributed by atoms with Gasteiger partial charge in [0.05, 0.1) is 11.8 Å². The average molecular weight is 223 g/mol. The SMILES string of the molecule is CCCn1nccc1CNC[C@@H]1CCCO1. The molecule has 0 spiro atoms. The Morgan fingerprint density at radius 1 is 1.62 bits per heavy atom. The number of hydrogen-bond acceptors (Lipinski definition) is 3. The van der Waals surface area contributed by atoms with Crippen molar-refractivity contribution in [3.63, 3.8) is 0 Å². The number of rotatable bonds is 6. The summed E-state index contributed by atoms with van der Waals surface area (Å²) in [4.78, 5) is 0. The molecule has 1 atom stereocenters. The van der Waals surface area contributed by atoms with E-state index < -0.39 is 0 Å². The summed E-state index contributed by atoms with van der Waals surface area (Å²) in [6, 6.07) is 2.08. The van der Waals surface area contributed by atoms with E-state index >= 15 is 0 Å². The molecule has 1 aromatic rings. The molecular weight excluding hydrogens is 202 g/mol. The van der Waals surface area contributed by atoms with Crippen LogP contribution in [0.25, 0.3) is 0 Å². The van der Waals surface area contributed by atoms with Crippen LogP contribution in [0.4, 0.5) is 0 Å². The Balaban J connectivity index is 1.73. The van der Waals surface area contributed by atoms with E-state index in [1.165, 1.54) is 18.5 Å². The molecule has 0 radical (unpaired) electrons. The van der Waals surface area contributed by atoms with Gasteiger partial charge in [0.25, 0.3) is 0 Å². The van der Waals surface area contributed by atoms with Crippen LogP contribution in [0.2, 0.25) is 0 Å². The second-order valence-electron chi connectivity index (χ2n) is 4.31. The Bertz CT molecular complexity index is 305. The number of nitrogens with zero attached hydrogens (tertiary/aromatic N) is 2. The van der Waals surface area contributed by atoms with Crippen LogP contribution in [-0.2, 0) is 17.8 Å². The van der Waals surface area contributed by atoms with Gasteiger partial charge in [-0.25, -0.2) is 0 Å². The molecular formula is C12H21N3O. The minimum atomic E-state index is 0.419. The summed E-state index contributed by atoms with van der Waals surface area (Å²) in [5, 5.41) is 7.74. The summed E-state index contributed by atoms with van der Waals surface area (Å²) in [7, 11) is 0. The summed E-state index contributed by atoms with van der Waals surface area (Å²) in [6.07, 6.45) is 5.82. The number of ether oxygens (including phenoxy) is 1. The van der Waals surface area contributed by atoms with E-state index in [1.54, 1.807) is 0 Å². The summed E-state index contributed by atoms with van der Waals surface area (Å²) in [5.41, 5.74) is 1.26. The van der Waals surface area contributed by atoms with Crippen molar-refractivity contribution in [1.82, 2.24) is 15.1 Å². The van der Waals surface area contributed by atoms with Crippen molar-refractivity contribution in [3.8, 4) is 0 Å². The zero-order valence-corrected chi connectivity index (χ0v) is 9.98. The maximum Gasteiger partial charge on any atom is 0.0700 e. The molecule has 0 aromatic carbocycles. The second kappa shape index (κ2) is 6.01. The van der Waals surface area contributed by atoms with Crippen LogP contribution in [0.1, 0.15) is 31.9 Å². The lowest BCUT2D eigenvalue weighted by atomic mass is 10.2. The first-order valence-electron chi connectivity index (χ1n) is 6.23. The first kappa shape index (κ1) is 11.6. The summed E-state index contributed by atoms with van der Waals surface area (Å²) >= 11 is 0. The van der Waals surface area contributed by atoms with Crippen molar-refractivity contribution in [3.05, 3.63) is 18.0 Å². The Hall–Kier alpha value is -0.870. The zero-order valence-electron chi connectivity index (χ0n) is 9.98. The summed E-state index contributed by atoms with van der Waals surface area (Å²) in [5.74, 6) is 0. The highest BCUT2D eigenvalue weighted by atomic mass is 16.5. The molecule has 4 heteroatoms. The van der Waals surface area contributed by atoms with Crippen molar-refractivity contribution in [2.75, 3.05) is 13.2 Å². The van der Waals surface area contributed by atoms with Crippen LogP contribution in [0.15, 0.2) is 12.3 Å². The molecule has 0 saturated carbocycles. The quantitative estimate of drug-likeness (QED) is 0.795. The van der Waals surface area contributed by atoms with Gasteiger partial charge in [0.15, 0.2) is 0 Å². The minimum absolute atomic E-state index is 0.419. The maximum absolute atomic E-state index is 5.57. The first-order chi connectivity index (χ1) is 7.90.